The van der Waals surface area contributed by atoms with E-state index in [1.54, 1.807) is 5.57 Å². The molecule has 0 bridgehead atoms. The second kappa shape index (κ2) is 23.7. The van der Waals surface area contributed by atoms with E-state index in [0.717, 1.165) is 68.4 Å². The Bertz CT molecular complexity index is 3480. The molecule has 0 unspecified atom stereocenters. The first kappa shape index (κ1) is 51.5. The van der Waals surface area contributed by atoms with Crippen molar-refractivity contribution in [3.05, 3.63) is 287 Å². The van der Waals surface area contributed by atoms with E-state index >= 15 is 0 Å². The Labute approximate surface area is 454 Å². The van der Waals surface area contributed by atoms with Crippen LogP contribution in [0.25, 0.3) is 50.1 Å². The summed E-state index contributed by atoms with van der Waals surface area (Å²) in [5, 5.41) is 0. The van der Waals surface area contributed by atoms with Crippen LogP contribution in [-0.4, -0.2) is 0 Å². The van der Waals surface area contributed by atoms with Crippen LogP contribution in [-0.2, 0) is 5.41 Å². The molecule has 0 aromatic heterocycles. The van der Waals surface area contributed by atoms with E-state index in [1.807, 2.05) is 27.7 Å². The number of aryl methyl sites for hydroxylation is 1. The Morgan fingerprint density at radius 2 is 1.01 bits per heavy atom. The predicted octanol–water partition coefficient (Wildman–Crippen LogP) is 21.6. The van der Waals surface area contributed by atoms with E-state index in [2.05, 4.69) is 255 Å². The van der Waals surface area contributed by atoms with Gasteiger partial charge in [0.25, 0.3) is 0 Å². The standard InChI is InChI=1S/C71H61N.2C2H6/c1-3-21-54-25-13-14-36-64(54)70-50(2)22-17-38-65(70)58-28-20-35-63(48-58)72(61-33-18-26-55(46-61)51-23-7-4-8-24-51)62-34-19-27-56(47-62)52-40-42-53(43-41-52)57-44-45-69-67(49-57)66-37-15-16-39-68(66)71(69,59-29-9-5-10-30-59)60-31-11-6-12-32-60;2*1-2/h4-7,9-12,14,16-20,22-23,26-36,38-49H,3,8,13,15,21,24-25,37H2,1-2H3;2*1-2H3. The second-order valence-corrected chi connectivity index (χ2v) is 20.0. The monoisotopic (exact) mass is 988 g/mol. The molecule has 378 valence electrons. The van der Waals surface area contributed by atoms with E-state index in [1.165, 1.54) is 94.6 Å². The first-order valence-electron chi connectivity index (χ1n) is 28.3. The fourth-order valence-electron chi connectivity index (χ4n) is 12.3. The van der Waals surface area contributed by atoms with Gasteiger partial charge in [0.15, 0.2) is 0 Å². The van der Waals surface area contributed by atoms with Gasteiger partial charge in [0.1, 0.15) is 0 Å². The van der Waals surface area contributed by atoms with E-state index in [0.29, 0.717) is 0 Å². The quantitative estimate of drug-likeness (QED) is 0.118. The van der Waals surface area contributed by atoms with Gasteiger partial charge in [-0.05, 0) is 189 Å². The SMILES string of the molecule is CC.CC.CCCC1=C(c2c(C)cccc2-c2cccc(N(c3cccc(C4=CC=CCC4)c3)c3cccc(-c4ccc(-c5ccc6c(c5)C5=C(C=CCC5)C6(c5ccccc5)c5ccccc5)cc4)c3)c2)C=CCC1. The highest BCUT2D eigenvalue weighted by Crippen LogP contribution is 2.57. The van der Waals surface area contributed by atoms with E-state index in [4.69, 9.17) is 0 Å². The maximum absolute atomic E-state index is 2.47. The molecule has 8 aromatic carbocycles. The number of nitrogens with zero attached hydrogens (tertiary/aromatic N) is 1. The van der Waals surface area contributed by atoms with Gasteiger partial charge in [-0.25, -0.2) is 0 Å². The van der Waals surface area contributed by atoms with Crippen molar-refractivity contribution in [1.29, 1.82) is 0 Å². The lowest BCUT2D eigenvalue weighted by Gasteiger charge is -2.35. The van der Waals surface area contributed by atoms with Gasteiger partial charge in [-0.2, -0.15) is 0 Å². The summed E-state index contributed by atoms with van der Waals surface area (Å²) in [6.45, 7) is 12.6. The Balaban J connectivity index is 0.00000161. The van der Waals surface area contributed by atoms with Crippen LogP contribution in [0.4, 0.5) is 17.1 Å². The predicted molar refractivity (Wildman–Crippen MR) is 329 cm³/mol. The summed E-state index contributed by atoms with van der Waals surface area (Å²) < 4.78 is 0. The highest BCUT2D eigenvalue weighted by atomic mass is 15.1. The molecule has 0 atom stereocenters. The van der Waals surface area contributed by atoms with Crippen molar-refractivity contribution in [2.24, 2.45) is 0 Å². The fourth-order valence-corrected chi connectivity index (χ4v) is 12.3. The van der Waals surface area contributed by atoms with Crippen molar-refractivity contribution in [3.63, 3.8) is 0 Å². The Hall–Kier alpha value is -8.00. The van der Waals surface area contributed by atoms with E-state index in [9.17, 15) is 0 Å². The molecule has 4 aliphatic carbocycles. The minimum absolute atomic E-state index is 0.356. The second-order valence-electron chi connectivity index (χ2n) is 20.0. The van der Waals surface area contributed by atoms with Crippen LogP contribution in [0.3, 0.4) is 0 Å². The minimum Gasteiger partial charge on any atom is -0.310 e. The van der Waals surface area contributed by atoms with Crippen LogP contribution < -0.4 is 4.90 Å². The Kier molecular flexibility index (Phi) is 16.0. The molecule has 0 spiro atoms. The average molecular weight is 988 g/mol. The van der Waals surface area contributed by atoms with Crippen LogP contribution in [0.2, 0.25) is 0 Å². The lowest BCUT2D eigenvalue weighted by Crippen LogP contribution is -2.29. The van der Waals surface area contributed by atoms with Crippen molar-refractivity contribution < 1.29 is 0 Å². The van der Waals surface area contributed by atoms with Crippen LogP contribution in [0.5, 0.6) is 0 Å². The molecule has 1 heteroatoms. The Morgan fingerprint density at radius 3 is 1.66 bits per heavy atom. The smallest absolute Gasteiger partial charge is 0.0710 e. The van der Waals surface area contributed by atoms with Crippen molar-refractivity contribution in [1.82, 2.24) is 0 Å². The summed E-state index contributed by atoms with van der Waals surface area (Å²) >= 11 is 0. The molecule has 0 saturated heterocycles. The molecule has 0 aliphatic heterocycles. The summed E-state index contributed by atoms with van der Waals surface area (Å²) in [6, 6.07) is 73.1. The normalized spacial score (nSPS) is 14.9. The average Bonchev–Trinajstić information content (AvgIpc) is 3.84. The first-order chi connectivity index (χ1) is 37.6. The number of rotatable bonds is 12. The largest absolute Gasteiger partial charge is 0.310 e. The van der Waals surface area contributed by atoms with Crippen molar-refractivity contribution in [2.75, 3.05) is 4.90 Å². The van der Waals surface area contributed by atoms with Gasteiger partial charge in [-0.1, -0.05) is 241 Å². The lowest BCUT2D eigenvalue weighted by molar-refractivity contribution is 0.756. The van der Waals surface area contributed by atoms with Gasteiger partial charge in [0.2, 0.25) is 0 Å². The molecule has 8 aromatic rings. The molecule has 0 saturated carbocycles. The molecule has 0 amide bonds. The van der Waals surface area contributed by atoms with Gasteiger partial charge in [0, 0.05) is 17.1 Å². The third-order valence-corrected chi connectivity index (χ3v) is 15.7. The van der Waals surface area contributed by atoms with Crippen molar-refractivity contribution >= 4 is 33.8 Å². The molecule has 0 heterocycles. The highest BCUT2D eigenvalue weighted by molar-refractivity contribution is 5.93. The van der Waals surface area contributed by atoms with Crippen molar-refractivity contribution in [2.45, 2.75) is 98.3 Å². The summed E-state index contributed by atoms with van der Waals surface area (Å²) in [5.74, 6) is 0. The maximum atomic E-state index is 2.47. The van der Waals surface area contributed by atoms with Crippen molar-refractivity contribution in [3.8, 4) is 33.4 Å². The molecular weight excluding hydrogens is 915 g/mol. The van der Waals surface area contributed by atoms with Gasteiger partial charge < -0.3 is 4.90 Å². The third-order valence-electron chi connectivity index (χ3n) is 15.7. The summed E-state index contributed by atoms with van der Waals surface area (Å²) in [6.07, 6.45) is 25.1. The molecular formula is C75H73N. The third kappa shape index (κ3) is 9.88. The lowest BCUT2D eigenvalue weighted by atomic mass is 9.66. The Morgan fingerprint density at radius 1 is 0.461 bits per heavy atom. The number of hydrogen-bond acceptors (Lipinski definition) is 1. The first-order valence-corrected chi connectivity index (χ1v) is 28.3. The highest BCUT2D eigenvalue weighted by Gasteiger charge is 2.47. The molecule has 0 fully saturated rings. The van der Waals surface area contributed by atoms with Gasteiger partial charge in [0.05, 0.1) is 5.41 Å². The number of allylic oxidation sites excluding steroid dienone is 12. The molecule has 0 N–H and O–H groups in total. The minimum atomic E-state index is -0.356. The fraction of sp³-hybridized carbons (Fsp3) is 0.200. The molecule has 1 nitrogen and oxygen atoms in total. The topological polar surface area (TPSA) is 3.24 Å². The van der Waals surface area contributed by atoms with Gasteiger partial charge in [-0.3, -0.25) is 0 Å². The van der Waals surface area contributed by atoms with E-state index < -0.39 is 0 Å². The molecule has 76 heavy (non-hydrogen) atoms. The summed E-state index contributed by atoms with van der Waals surface area (Å²) in [4.78, 5) is 2.46. The van der Waals surface area contributed by atoms with Crippen LogP contribution in [0.15, 0.2) is 248 Å². The van der Waals surface area contributed by atoms with Crippen LogP contribution >= 0.6 is 0 Å². The molecule has 0 radical (unpaired) electrons. The summed E-state index contributed by atoms with van der Waals surface area (Å²) in [5.41, 5.74) is 27.0. The zero-order valence-electron chi connectivity index (χ0n) is 45.6. The van der Waals surface area contributed by atoms with Crippen LogP contribution in [0.1, 0.15) is 125 Å². The number of hydrogen-bond donors (Lipinski definition) is 0. The van der Waals surface area contributed by atoms with Crippen LogP contribution in [0, 0.1) is 6.92 Å². The van der Waals surface area contributed by atoms with Gasteiger partial charge >= 0.3 is 0 Å². The molecule has 12 rings (SSSR count). The molecule has 4 aliphatic rings. The number of fused-ring (bicyclic) bond motifs is 2. The zero-order chi connectivity index (χ0) is 52.4. The number of anilines is 3. The van der Waals surface area contributed by atoms with E-state index in [-0.39, 0.29) is 5.41 Å². The number of benzene rings is 8. The summed E-state index contributed by atoms with van der Waals surface area (Å²) in [7, 11) is 0. The maximum Gasteiger partial charge on any atom is 0.0710 e. The zero-order valence-corrected chi connectivity index (χ0v) is 45.6. The van der Waals surface area contributed by atoms with Gasteiger partial charge in [-0.15, -0.1) is 0 Å².